The fourth-order valence-electron chi connectivity index (χ4n) is 3.79. The molecule has 0 atom stereocenters. The standard InChI is InChI=1S/C23H28N4O2S2.C2H2O4/c1-4-26-11-13-27(14-12-26)21-19-16(3)20(23(28)29-5-2)31-22(19)25-18(24-21)15-30-17-9-7-6-8-10-17;3-1(4)2(5)6/h6-10H,4-5,11-15H2,1-3H3;(H,3,4)(H,5,6). The van der Waals surface area contributed by atoms with Crippen molar-refractivity contribution in [2.75, 3.05) is 44.2 Å². The van der Waals surface area contributed by atoms with Crippen LogP contribution >= 0.6 is 23.1 Å². The van der Waals surface area contributed by atoms with Gasteiger partial charge in [-0.15, -0.1) is 23.1 Å². The lowest BCUT2D eigenvalue weighted by Gasteiger charge is -2.35. The number of aromatic nitrogens is 2. The third-order valence-electron chi connectivity index (χ3n) is 5.69. The van der Waals surface area contributed by atoms with E-state index in [1.165, 1.54) is 16.2 Å². The lowest BCUT2D eigenvalue weighted by atomic mass is 10.2. The predicted molar refractivity (Wildman–Crippen MR) is 144 cm³/mol. The number of carboxylic acid groups (broad SMARTS) is 2. The van der Waals surface area contributed by atoms with E-state index in [1.54, 1.807) is 11.8 Å². The number of esters is 1. The Kier molecular flexibility index (Phi) is 10.2. The second-order valence-corrected chi connectivity index (χ2v) is 10.1. The van der Waals surface area contributed by atoms with Crippen LogP contribution in [0, 0.1) is 6.92 Å². The quantitative estimate of drug-likeness (QED) is 0.255. The molecular formula is C25H30N4O6S2. The summed E-state index contributed by atoms with van der Waals surface area (Å²) < 4.78 is 5.29. The summed E-state index contributed by atoms with van der Waals surface area (Å²) in [5.41, 5.74) is 0.925. The van der Waals surface area contributed by atoms with Gasteiger partial charge in [0.2, 0.25) is 0 Å². The van der Waals surface area contributed by atoms with Crippen molar-refractivity contribution in [3.05, 3.63) is 46.6 Å². The number of likely N-dealkylation sites (N-methyl/N-ethyl adjacent to an activating group) is 1. The molecule has 0 saturated carbocycles. The highest BCUT2D eigenvalue weighted by atomic mass is 32.2. The van der Waals surface area contributed by atoms with E-state index >= 15 is 0 Å². The first-order valence-electron chi connectivity index (χ1n) is 11.8. The van der Waals surface area contributed by atoms with Crippen molar-refractivity contribution in [2.45, 2.75) is 31.4 Å². The summed E-state index contributed by atoms with van der Waals surface area (Å²) in [6, 6.07) is 10.3. The molecule has 1 aromatic carbocycles. The van der Waals surface area contributed by atoms with E-state index in [1.807, 2.05) is 32.0 Å². The smallest absolute Gasteiger partial charge is 0.414 e. The van der Waals surface area contributed by atoms with Gasteiger partial charge < -0.3 is 24.7 Å². The van der Waals surface area contributed by atoms with Crippen molar-refractivity contribution in [1.82, 2.24) is 14.9 Å². The average molecular weight is 547 g/mol. The molecule has 0 bridgehead atoms. The Morgan fingerprint density at radius 3 is 2.24 bits per heavy atom. The van der Waals surface area contributed by atoms with Crippen molar-refractivity contribution < 1.29 is 29.3 Å². The van der Waals surface area contributed by atoms with E-state index in [4.69, 9.17) is 34.5 Å². The molecule has 0 aliphatic carbocycles. The minimum Gasteiger partial charge on any atom is -0.473 e. The zero-order chi connectivity index (χ0) is 26.9. The molecule has 1 aliphatic heterocycles. The third-order valence-corrected chi connectivity index (χ3v) is 7.87. The molecule has 1 aliphatic rings. The van der Waals surface area contributed by atoms with Crippen LogP contribution in [-0.4, -0.2) is 82.3 Å². The maximum atomic E-state index is 12.5. The lowest BCUT2D eigenvalue weighted by molar-refractivity contribution is -0.159. The van der Waals surface area contributed by atoms with Crippen LogP contribution in [0.3, 0.4) is 0 Å². The summed E-state index contributed by atoms with van der Waals surface area (Å²) in [6.45, 7) is 11.3. The molecule has 12 heteroatoms. The van der Waals surface area contributed by atoms with Crippen LogP contribution < -0.4 is 4.90 Å². The highest BCUT2D eigenvalue weighted by Gasteiger charge is 2.26. The fraction of sp³-hybridized carbons (Fsp3) is 0.400. The topological polar surface area (TPSA) is 133 Å². The molecule has 3 aromatic rings. The maximum Gasteiger partial charge on any atom is 0.414 e. The molecule has 0 unspecified atom stereocenters. The van der Waals surface area contributed by atoms with Gasteiger partial charge in [-0.3, -0.25) is 0 Å². The largest absolute Gasteiger partial charge is 0.473 e. The number of fused-ring (bicyclic) bond motifs is 1. The van der Waals surface area contributed by atoms with Gasteiger partial charge in [-0.05, 0) is 38.1 Å². The molecule has 0 amide bonds. The Hall–Kier alpha value is -3.22. The zero-order valence-corrected chi connectivity index (χ0v) is 22.6. The number of hydrogen-bond donors (Lipinski definition) is 2. The Morgan fingerprint density at radius 2 is 1.68 bits per heavy atom. The van der Waals surface area contributed by atoms with E-state index < -0.39 is 11.9 Å². The number of hydrogen-bond acceptors (Lipinski definition) is 10. The highest BCUT2D eigenvalue weighted by molar-refractivity contribution is 7.98. The molecule has 1 saturated heterocycles. The summed E-state index contributed by atoms with van der Waals surface area (Å²) >= 11 is 3.15. The molecule has 37 heavy (non-hydrogen) atoms. The monoisotopic (exact) mass is 546 g/mol. The number of thiophene rings is 1. The number of thioether (sulfide) groups is 1. The van der Waals surface area contributed by atoms with Crippen molar-refractivity contribution in [2.24, 2.45) is 0 Å². The van der Waals surface area contributed by atoms with Crippen LogP contribution in [0.4, 0.5) is 5.82 Å². The van der Waals surface area contributed by atoms with Gasteiger partial charge in [-0.2, -0.15) is 0 Å². The van der Waals surface area contributed by atoms with Crippen molar-refractivity contribution in [3.8, 4) is 0 Å². The van der Waals surface area contributed by atoms with Gasteiger partial charge in [0.15, 0.2) is 0 Å². The first-order chi connectivity index (χ1) is 17.7. The van der Waals surface area contributed by atoms with E-state index in [2.05, 4.69) is 28.9 Å². The first-order valence-corrected chi connectivity index (χ1v) is 13.6. The minimum atomic E-state index is -1.82. The second kappa shape index (κ2) is 13.4. The SMILES string of the molecule is CCOC(=O)c1sc2nc(CSc3ccccc3)nc(N3CCN(CC)CC3)c2c1C.O=C(O)C(=O)O. The predicted octanol–water partition coefficient (Wildman–Crippen LogP) is 3.77. The van der Waals surface area contributed by atoms with Crippen LogP contribution in [0.15, 0.2) is 35.2 Å². The number of ether oxygens (including phenoxy) is 1. The number of benzene rings is 1. The molecule has 1 fully saturated rings. The first kappa shape index (κ1) is 28.4. The van der Waals surface area contributed by atoms with Gasteiger partial charge in [0.1, 0.15) is 21.3 Å². The molecule has 0 radical (unpaired) electrons. The Morgan fingerprint density at radius 1 is 1.03 bits per heavy atom. The van der Waals surface area contributed by atoms with E-state index in [-0.39, 0.29) is 5.97 Å². The molecular weight excluding hydrogens is 516 g/mol. The fourth-order valence-corrected chi connectivity index (χ4v) is 5.65. The summed E-state index contributed by atoms with van der Waals surface area (Å²) in [4.78, 5) is 48.0. The zero-order valence-electron chi connectivity index (χ0n) is 21.0. The van der Waals surface area contributed by atoms with E-state index in [0.29, 0.717) is 17.2 Å². The van der Waals surface area contributed by atoms with Crippen LogP contribution in [0.2, 0.25) is 0 Å². The van der Waals surface area contributed by atoms with Gasteiger partial charge in [0.05, 0.1) is 17.7 Å². The van der Waals surface area contributed by atoms with Gasteiger partial charge in [0.25, 0.3) is 0 Å². The number of aliphatic carboxylic acids is 2. The summed E-state index contributed by atoms with van der Waals surface area (Å²) in [5, 5.41) is 15.8. The second-order valence-electron chi connectivity index (χ2n) is 8.05. The Balaban J connectivity index is 0.000000568. The summed E-state index contributed by atoms with van der Waals surface area (Å²) in [6.07, 6.45) is 0. The van der Waals surface area contributed by atoms with E-state index in [0.717, 1.165) is 60.1 Å². The molecule has 3 heterocycles. The Labute approximate surface area is 223 Å². The number of rotatable bonds is 7. The van der Waals surface area contributed by atoms with Crippen LogP contribution in [0.25, 0.3) is 10.2 Å². The number of anilines is 1. The van der Waals surface area contributed by atoms with Crippen molar-refractivity contribution >= 4 is 57.0 Å². The Bertz CT molecular complexity index is 1230. The van der Waals surface area contributed by atoms with Crippen LogP contribution in [-0.2, 0) is 20.1 Å². The van der Waals surface area contributed by atoms with Crippen molar-refractivity contribution in [1.29, 1.82) is 0 Å². The minimum absolute atomic E-state index is 0.273. The van der Waals surface area contributed by atoms with Gasteiger partial charge in [0, 0.05) is 31.1 Å². The number of carboxylic acids is 2. The summed E-state index contributed by atoms with van der Waals surface area (Å²) in [5.74, 6) is -1.48. The van der Waals surface area contributed by atoms with Gasteiger partial charge in [-0.1, -0.05) is 25.1 Å². The normalized spacial score (nSPS) is 13.6. The molecule has 4 rings (SSSR count). The average Bonchev–Trinajstić information content (AvgIpc) is 3.24. The van der Waals surface area contributed by atoms with E-state index in [9.17, 15) is 4.79 Å². The summed E-state index contributed by atoms with van der Waals surface area (Å²) in [7, 11) is 0. The molecule has 198 valence electrons. The number of carbonyl (C=O) groups is 3. The molecule has 2 aromatic heterocycles. The number of aryl methyl sites for hydroxylation is 1. The molecule has 10 nitrogen and oxygen atoms in total. The number of carbonyl (C=O) groups excluding carboxylic acids is 1. The van der Waals surface area contributed by atoms with Gasteiger partial charge >= 0.3 is 17.9 Å². The lowest BCUT2D eigenvalue weighted by Crippen LogP contribution is -2.46. The highest BCUT2D eigenvalue weighted by Crippen LogP contribution is 2.37. The van der Waals surface area contributed by atoms with Crippen molar-refractivity contribution in [3.63, 3.8) is 0 Å². The number of piperazine rings is 1. The van der Waals surface area contributed by atoms with Gasteiger partial charge in [-0.25, -0.2) is 24.4 Å². The molecule has 0 spiro atoms. The number of nitrogens with zero attached hydrogens (tertiary/aromatic N) is 4. The maximum absolute atomic E-state index is 12.5. The third kappa shape index (κ3) is 7.40. The molecule has 2 N–H and O–H groups in total. The van der Waals surface area contributed by atoms with Crippen LogP contribution in [0.5, 0.6) is 0 Å². The van der Waals surface area contributed by atoms with Crippen LogP contribution in [0.1, 0.15) is 34.9 Å².